The number of carbonyl (C=O) groups excluding carboxylic acids is 1. The number of amides is 1. The van der Waals surface area contributed by atoms with Crippen molar-refractivity contribution in [2.75, 3.05) is 17.1 Å². The second-order valence-electron chi connectivity index (χ2n) is 6.21. The molecule has 0 unspecified atom stereocenters. The van der Waals surface area contributed by atoms with Crippen molar-refractivity contribution in [3.05, 3.63) is 71.6 Å². The predicted octanol–water partition coefficient (Wildman–Crippen LogP) is 4.33. The molecule has 2 aromatic heterocycles. The van der Waals surface area contributed by atoms with Gasteiger partial charge in [0.15, 0.2) is 0 Å². The molecule has 2 N–H and O–H groups in total. The van der Waals surface area contributed by atoms with Crippen molar-refractivity contribution < 1.29 is 17.9 Å². The van der Waals surface area contributed by atoms with Crippen molar-refractivity contribution in [2.24, 2.45) is 0 Å². The summed E-state index contributed by atoms with van der Waals surface area (Å²) in [5.41, 5.74) is 1.59. The maximum Gasteiger partial charge on any atom is 0.271 e. The molecule has 0 aliphatic heterocycles. The molecule has 2 heterocycles. The van der Waals surface area contributed by atoms with Crippen LogP contribution in [0.15, 0.2) is 70.3 Å². The zero-order valence-corrected chi connectivity index (χ0v) is 18.6. The minimum atomic E-state index is -3.64. The van der Waals surface area contributed by atoms with E-state index in [1.807, 2.05) is 24.3 Å². The number of ether oxygens (including phenoxy) is 1. The molecule has 8 nitrogen and oxygen atoms in total. The van der Waals surface area contributed by atoms with Crippen molar-refractivity contribution in [2.45, 2.75) is 4.21 Å². The number of anilines is 2. The summed E-state index contributed by atoms with van der Waals surface area (Å²) < 4.78 is 32.4. The van der Waals surface area contributed by atoms with Gasteiger partial charge in [-0.25, -0.2) is 8.42 Å². The molecular weight excluding hydrogens is 456 g/mol. The van der Waals surface area contributed by atoms with Gasteiger partial charge in [0.05, 0.1) is 7.11 Å². The fraction of sp³-hybridized carbons (Fsp3) is 0.0500. The van der Waals surface area contributed by atoms with Crippen LogP contribution in [0, 0.1) is 0 Å². The van der Waals surface area contributed by atoms with Crippen molar-refractivity contribution in [1.82, 2.24) is 10.2 Å². The van der Waals surface area contributed by atoms with Gasteiger partial charge in [0, 0.05) is 16.8 Å². The van der Waals surface area contributed by atoms with Crippen LogP contribution >= 0.6 is 22.7 Å². The molecule has 4 aromatic rings. The third-order valence-corrected chi connectivity index (χ3v) is 7.81. The first-order valence-electron chi connectivity index (χ1n) is 8.90. The van der Waals surface area contributed by atoms with Crippen molar-refractivity contribution in [3.63, 3.8) is 0 Å². The third-order valence-electron chi connectivity index (χ3n) is 4.14. The van der Waals surface area contributed by atoms with Gasteiger partial charge in [0.2, 0.25) is 5.13 Å². The predicted molar refractivity (Wildman–Crippen MR) is 121 cm³/mol. The van der Waals surface area contributed by atoms with E-state index in [1.54, 1.807) is 18.6 Å². The van der Waals surface area contributed by atoms with Gasteiger partial charge in [-0.3, -0.25) is 14.8 Å². The van der Waals surface area contributed by atoms with E-state index in [9.17, 15) is 13.2 Å². The normalized spacial score (nSPS) is 11.1. The molecule has 0 saturated heterocycles. The molecule has 2 aromatic carbocycles. The number of nitrogens with zero attached hydrogens (tertiary/aromatic N) is 2. The zero-order chi connectivity index (χ0) is 21.8. The summed E-state index contributed by atoms with van der Waals surface area (Å²) in [5.74, 6) is 0.369. The van der Waals surface area contributed by atoms with Crippen LogP contribution in [-0.2, 0) is 10.0 Å². The lowest BCUT2D eigenvalue weighted by molar-refractivity contribution is 0.102. The first-order valence-corrected chi connectivity index (χ1v) is 12.1. The zero-order valence-electron chi connectivity index (χ0n) is 16.1. The number of nitrogens with one attached hydrogen (secondary N) is 2. The Morgan fingerprint density at radius 1 is 1.00 bits per heavy atom. The maximum absolute atomic E-state index is 12.5. The molecule has 4 rings (SSSR count). The van der Waals surface area contributed by atoms with Crippen LogP contribution < -0.4 is 14.8 Å². The third kappa shape index (κ3) is 4.90. The lowest BCUT2D eigenvalue weighted by Gasteiger charge is -2.07. The number of aromatic nitrogens is 2. The van der Waals surface area contributed by atoms with E-state index in [2.05, 4.69) is 20.2 Å². The summed E-state index contributed by atoms with van der Waals surface area (Å²) in [6.45, 7) is 0. The second-order valence-corrected chi connectivity index (χ2v) is 10.0. The van der Waals surface area contributed by atoms with Gasteiger partial charge in [0.25, 0.3) is 15.9 Å². The smallest absolute Gasteiger partial charge is 0.271 e. The molecule has 0 radical (unpaired) electrons. The summed E-state index contributed by atoms with van der Waals surface area (Å²) in [6, 6.07) is 16.7. The maximum atomic E-state index is 12.5. The van der Waals surface area contributed by atoms with E-state index in [4.69, 9.17) is 4.74 Å². The number of rotatable bonds is 7. The molecule has 0 aliphatic carbocycles. The van der Waals surface area contributed by atoms with E-state index < -0.39 is 10.0 Å². The Morgan fingerprint density at radius 2 is 1.74 bits per heavy atom. The lowest BCUT2D eigenvalue weighted by atomic mass is 10.2. The molecule has 158 valence electrons. The quantitative estimate of drug-likeness (QED) is 0.414. The highest BCUT2D eigenvalue weighted by Gasteiger charge is 2.16. The summed E-state index contributed by atoms with van der Waals surface area (Å²) in [6.07, 6.45) is 0. The highest BCUT2D eigenvalue weighted by Crippen LogP contribution is 2.28. The average molecular weight is 473 g/mol. The number of thiophene rings is 1. The number of hydrogen-bond donors (Lipinski definition) is 2. The molecule has 0 saturated carbocycles. The minimum Gasteiger partial charge on any atom is -0.497 e. The SMILES string of the molecule is COc1ccc(-c2nnc(NC(=O)c3ccc(NS(=O)(=O)c4cccs4)cc3)s2)cc1. The minimum absolute atomic E-state index is 0.221. The molecule has 0 bridgehead atoms. The molecular formula is C20H16N4O4S3. The highest BCUT2D eigenvalue weighted by molar-refractivity contribution is 7.94. The molecule has 11 heteroatoms. The first kappa shape index (κ1) is 21.0. The van der Waals surface area contributed by atoms with E-state index in [0.29, 0.717) is 21.4 Å². The van der Waals surface area contributed by atoms with Crippen LogP contribution in [0.1, 0.15) is 10.4 Å². The van der Waals surface area contributed by atoms with Crippen LogP contribution in [0.5, 0.6) is 5.75 Å². The van der Waals surface area contributed by atoms with Gasteiger partial charge in [-0.2, -0.15) is 0 Å². The molecule has 1 amide bonds. The molecule has 0 fully saturated rings. The van der Waals surface area contributed by atoms with Crippen LogP contribution in [0.3, 0.4) is 0 Å². The van der Waals surface area contributed by atoms with Gasteiger partial charge in [-0.1, -0.05) is 17.4 Å². The van der Waals surface area contributed by atoms with E-state index >= 15 is 0 Å². The Hall–Kier alpha value is -3.28. The van der Waals surface area contributed by atoms with Crippen LogP contribution in [0.2, 0.25) is 0 Å². The largest absolute Gasteiger partial charge is 0.497 e. The lowest BCUT2D eigenvalue weighted by Crippen LogP contribution is -2.13. The van der Waals surface area contributed by atoms with Gasteiger partial charge in [0.1, 0.15) is 15.0 Å². The van der Waals surface area contributed by atoms with Crippen molar-refractivity contribution in [3.8, 4) is 16.3 Å². The summed E-state index contributed by atoms with van der Waals surface area (Å²) >= 11 is 2.37. The first-order chi connectivity index (χ1) is 14.9. The summed E-state index contributed by atoms with van der Waals surface area (Å²) in [7, 11) is -2.04. The molecule has 0 spiro atoms. The standard InChI is InChI=1S/C20H16N4O4S3/c1-28-16-10-6-14(7-11-16)19-22-23-20(30-19)21-18(25)13-4-8-15(9-5-13)24-31(26,27)17-3-2-12-29-17/h2-12,24H,1H3,(H,21,23,25). The van der Waals surface area contributed by atoms with Gasteiger partial charge in [-0.15, -0.1) is 21.5 Å². The van der Waals surface area contributed by atoms with Gasteiger partial charge < -0.3 is 4.74 Å². The highest BCUT2D eigenvalue weighted by atomic mass is 32.2. The molecule has 0 atom stereocenters. The van der Waals surface area contributed by atoms with Gasteiger partial charge >= 0.3 is 0 Å². The van der Waals surface area contributed by atoms with Crippen LogP contribution in [0.4, 0.5) is 10.8 Å². The Balaban J connectivity index is 1.41. The van der Waals surface area contributed by atoms with E-state index in [1.165, 1.54) is 41.7 Å². The fourth-order valence-electron chi connectivity index (χ4n) is 2.60. The Labute approximate surface area is 186 Å². The number of methoxy groups -OCH3 is 1. The van der Waals surface area contributed by atoms with Crippen LogP contribution in [0.25, 0.3) is 10.6 Å². The number of benzene rings is 2. The van der Waals surface area contributed by atoms with Crippen molar-refractivity contribution >= 4 is 49.4 Å². The average Bonchev–Trinajstić information content (AvgIpc) is 3.47. The molecule has 31 heavy (non-hydrogen) atoms. The monoisotopic (exact) mass is 472 g/mol. The van der Waals surface area contributed by atoms with E-state index in [0.717, 1.165) is 22.6 Å². The number of sulfonamides is 1. The Kier molecular flexibility index (Phi) is 5.98. The second kappa shape index (κ2) is 8.84. The molecule has 0 aliphatic rings. The Morgan fingerprint density at radius 3 is 2.39 bits per heavy atom. The fourth-order valence-corrected chi connectivity index (χ4v) is 5.40. The van der Waals surface area contributed by atoms with Crippen LogP contribution in [-0.4, -0.2) is 31.6 Å². The number of carbonyl (C=O) groups is 1. The van der Waals surface area contributed by atoms with Gasteiger partial charge in [-0.05, 0) is 60.0 Å². The summed E-state index contributed by atoms with van der Waals surface area (Å²) in [5, 5.41) is 13.5. The number of hydrogen-bond acceptors (Lipinski definition) is 8. The Bertz CT molecular complexity index is 1280. The van der Waals surface area contributed by atoms with E-state index in [-0.39, 0.29) is 10.1 Å². The van der Waals surface area contributed by atoms with Crippen molar-refractivity contribution in [1.29, 1.82) is 0 Å². The summed E-state index contributed by atoms with van der Waals surface area (Å²) in [4.78, 5) is 12.5. The topological polar surface area (TPSA) is 110 Å².